The van der Waals surface area contributed by atoms with Gasteiger partial charge in [0.05, 0.1) is 23.5 Å². The fraction of sp³-hybridized carbons (Fsp3) is 0.385. The molecule has 5 nitrogen and oxygen atoms in total. The topological polar surface area (TPSA) is 47.4 Å². The zero-order valence-electron chi connectivity index (χ0n) is 28.2. The molecule has 0 radical (unpaired) electrons. The first-order chi connectivity index (χ1) is 22.7. The van der Waals surface area contributed by atoms with Crippen LogP contribution >= 0.6 is 20.2 Å². The van der Waals surface area contributed by atoms with E-state index in [1.807, 2.05) is 42.9 Å². The summed E-state index contributed by atoms with van der Waals surface area (Å²) in [6, 6.07) is 21.0. The summed E-state index contributed by atoms with van der Waals surface area (Å²) < 4.78 is 21.1. The summed E-state index contributed by atoms with van der Waals surface area (Å²) in [4.78, 5) is 15.5. The monoisotopic (exact) mass is 673 g/mol. The lowest BCUT2D eigenvalue weighted by atomic mass is 9.85. The molecule has 0 spiro atoms. The van der Waals surface area contributed by atoms with Crippen LogP contribution in [0, 0.1) is 18.7 Å². The first-order valence-corrected chi connectivity index (χ1v) is 18.5. The molecule has 3 aromatic carbocycles. The van der Waals surface area contributed by atoms with Crippen molar-refractivity contribution in [1.29, 1.82) is 0 Å². The van der Waals surface area contributed by atoms with E-state index in [4.69, 9.17) is 21.4 Å². The lowest BCUT2D eigenvalue weighted by Crippen LogP contribution is -2.40. The quantitative estimate of drug-likeness (QED) is 0.118. The highest BCUT2D eigenvalue weighted by atomic mass is 35.5. The van der Waals surface area contributed by atoms with Gasteiger partial charge in [0, 0.05) is 24.7 Å². The summed E-state index contributed by atoms with van der Waals surface area (Å²) in [5.74, 6) is -0.134. The Labute approximate surface area is 286 Å². The minimum absolute atomic E-state index is 0.214. The van der Waals surface area contributed by atoms with Gasteiger partial charge in [0.2, 0.25) is 0 Å². The number of hydrogen-bond donors (Lipinski definition) is 0. The molecule has 2 unspecified atom stereocenters. The second-order valence-electron chi connectivity index (χ2n) is 12.6. The fourth-order valence-corrected chi connectivity index (χ4v) is 7.51. The molecule has 0 N–H and O–H groups in total. The van der Waals surface area contributed by atoms with Crippen LogP contribution in [0.4, 0.5) is 4.39 Å². The molecule has 4 aromatic rings. The number of benzene rings is 3. The average molecular weight is 674 g/mol. The maximum absolute atomic E-state index is 13.7. The minimum Gasteiger partial charge on any atom is -0.467 e. The van der Waals surface area contributed by atoms with E-state index in [2.05, 4.69) is 54.9 Å². The Kier molecular flexibility index (Phi) is 11.9. The van der Waals surface area contributed by atoms with Gasteiger partial charge in [-0.2, -0.15) is 5.10 Å². The van der Waals surface area contributed by atoms with Crippen molar-refractivity contribution in [2.45, 2.75) is 71.3 Å². The number of halogens is 2. The molecule has 0 fully saturated rings. The highest BCUT2D eigenvalue weighted by Gasteiger charge is 2.32. The third kappa shape index (κ3) is 8.34. The zero-order valence-corrected chi connectivity index (χ0v) is 29.9. The SMILES string of the molecule is CC/C=C(/c1nn(-c2ccc(C)cc2Cl)c2c1CCCCC(Cc1ccc(F)cc1)C2)N(C)[C@H](Cc1ccc(PC)cc1)C(=O)OC. The Morgan fingerprint density at radius 2 is 1.85 bits per heavy atom. The fourth-order valence-electron chi connectivity index (χ4n) is 6.70. The summed E-state index contributed by atoms with van der Waals surface area (Å²) in [6.07, 6.45) is 9.25. The van der Waals surface area contributed by atoms with Crippen LogP contribution in [0.2, 0.25) is 5.02 Å². The second-order valence-corrected chi connectivity index (χ2v) is 14.1. The van der Waals surface area contributed by atoms with Crippen LogP contribution in [-0.2, 0) is 35.2 Å². The number of carbonyl (C=O) groups excluding carboxylic acids is 1. The van der Waals surface area contributed by atoms with Gasteiger partial charge in [0.25, 0.3) is 0 Å². The standard InChI is InChI=1S/C39H46ClFN3O2P/c1-6-9-35(43(3)37(39(45)46-4)24-28-15-19-31(47-5)20-16-28)38-32-11-8-7-10-29(23-27-13-17-30(41)18-14-27)25-36(32)44(42-38)34-21-12-26(2)22-33(34)40/h9,12-22,29,37,47H,6-8,10-11,23-25H2,1-5H3/b35-9-/t29?,37-/m1/s1. The van der Waals surface area contributed by atoms with Crippen molar-refractivity contribution in [1.82, 2.24) is 14.7 Å². The number of allylic oxidation sites excluding steroid dienone is 1. The molecule has 3 atom stereocenters. The number of fused-ring (bicyclic) bond motifs is 1. The van der Waals surface area contributed by atoms with Gasteiger partial charge < -0.3 is 9.64 Å². The Balaban J connectivity index is 1.60. The summed E-state index contributed by atoms with van der Waals surface area (Å²) in [5, 5.41) is 7.29. The molecule has 0 saturated carbocycles. The van der Waals surface area contributed by atoms with Crippen LogP contribution in [0.1, 0.15) is 66.2 Å². The van der Waals surface area contributed by atoms with E-state index in [0.29, 0.717) is 17.4 Å². The molecule has 1 aliphatic rings. The van der Waals surface area contributed by atoms with Crippen molar-refractivity contribution in [3.8, 4) is 5.69 Å². The number of aromatic nitrogens is 2. The molecule has 0 amide bonds. The lowest BCUT2D eigenvalue weighted by Gasteiger charge is -2.30. The molecule has 0 saturated heterocycles. The number of aryl methyl sites for hydroxylation is 1. The Morgan fingerprint density at radius 3 is 2.51 bits per heavy atom. The molecule has 0 bridgehead atoms. The molecule has 0 aliphatic heterocycles. The number of ether oxygens (including phenoxy) is 1. The summed E-state index contributed by atoms with van der Waals surface area (Å²) in [5.41, 5.74) is 8.32. The number of carbonyl (C=O) groups is 1. The molecule has 1 aromatic heterocycles. The van der Waals surface area contributed by atoms with E-state index in [1.54, 1.807) is 12.1 Å². The molecule has 1 heterocycles. The number of hydrogen-bond acceptors (Lipinski definition) is 4. The van der Waals surface area contributed by atoms with Crippen LogP contribution in [0.3, 0.4) is 0 Å². The number of likely N-dealkylation sites (N-methyl/N-ethyl adjacent to an activating group) is 1. The van der Waals surface area contributed by atoms with Gasteiger partial charge in [0.15, 0.2) is 0 Å². The minimum atomic E-state index is -0.531. The Hall–Kier alpha value is -3.47. The van der Waals surface area contributed by atoms with Gasteiger partial charge in [-0.05, 0) is 104 Å². The molecular formula is C39H46ClFN3O2P. The number of rotatable bonds is 11. The van der Waals surface area contributed by atoms with Crippen LogP contribution in [0.15, 0.2) is 72.8 Å². The van der Waals surface area contributed by atoms with Gasteiger partial charge in [-0.25, -0.2) is 13.9 Å². The summed E-state index contributed by atoms with van der Waals surface area (Å²) in [6.45, 7) is 6.32. The predicted octanol–water partition coefficient (Wildman–Crippen LogP) is 8.50. The van der Waals surface area contributed by atoms with E-state index in [1.165, 1.54) is 18.0 Å². The average Bonchev–Trinajstić information content (AvgIpc) is 3.39. The van der Waals surface area contributed by atoms with Crippen molar-refractivity contribution in [3.63, 3.8) is 0 Å². The summed E-state index contributed by atoms with van der Waals surface area (Å²) in [7, 11) is 4.16. The maximum Gasteiger partial charge on any atom is 0.328 e. The molecule has 8 heteroatoms. The Bertz CT molecular complexity index is 1700. The Morgan fingerprint density at radius 1 is 1.13 bits per heavy atom. The van der Waals surface area contributed by atoms with Crippen molar-refractivity contribution >= 4 is 37.2 Å². The van der Waals surface area contributed by atoms with Crippen LogP contribution in [-0.4, -0.2) is 47.5 Å². The predicted molar refractivity (Wildman–Crippen MR) is 194 cm³/mol. The summed E-state index contributed by atoms with van der Waals surface area (Å²) >= 11 is 6.91. The van der Waals surface area contributed by atoms with Crippen molar-refractivity contribution in [2.75, 3.05) is 20.8 Å². The van der Waals surface area contributed by atoms with Crippen LogP contribution in [0.5, 0.6) is 0 Å². The lowest BCUT2D eigenvalue weighted by molar-refractivity contribution is -0.145. The van der Waals surface area contributed by atoms with Crippen LogP contribution in [0.25, 0.3) is 11.4 Å². The van der Waals surface area contributed by atoms with Crippen molar-refractivity contribution < 1.29 is 13.9 Å². The molecule has 248 valence electrons. The smallest absolute Gasteiger partial charge is 0.328 e. The third-order valence-corrected chi connectivity index (χ3v) is 10.5. The number of methoxy groups -OCH3 is 1. The highest BCUT2D eigenvalue weighted by Crippen LogP contribution is 2.36. The van der Waals surface area contributed by atoms with Gasteiger partial charge in [0.1, 0.15) is 17.6 Å². The van der Waals surface area contributed by atoms with Crippen molar-refractivity contribution in [2.24, 2.45) is 5.92 Å². The van der Waals surface area contributed by atoms with Crippen LogP contribution < -0.4 is 5.30 Å². The maximum atomic E-state index is 13.7. The molecule has 47 heavy (non-hydrogen) atoms. The first-order valence-electron chi connectivity index (χ1n) is 16.6. The van der Waals surface area contributed by atoms with E-state index < -0.39 is 6.04 Å². The largest absolute Gasteiger partial charge is 0.467 e. The zero-order chi connectivity index (χ0) is 33.5. The van der Waals surface area contributed by atoms with Crippen molar-refractivity contribution in [3.05, 3.63) is 117 Å². The number of esters is 1. The van der Waals surface area contributed by atoms with Gasteiger partial charge in [-0.15, -0.1) is 0 Å². The van der Waals surface area contributed by atoms with Gasteiger partial charge >= 0.3 is 5.97 Å². The van der Waals surface area contributed by atoms with E-state index >= 15 is 0 Å². The highest BCUT2D eigenvalue weighted by molar-refractivity contribution is 7.46. The second kappa shape index (κ2) is 16.1. The molecule has 5 rings (SSSR count). The molecule has 1 aliphatic carbocycles. The van der Waals surface area contributed by atoms with E-state index in [0.717, 1.165) is 93.0 Å². The van der Waals surface area contributed by atoms with Gasteiger partial charge in [-0.3, -0.25) is 0 Å². The molecular weight excluding hydrogens is 628 g/mol. The third-order valence-electron chi connectivity index (χ3n) is 9.26. The van der Waals surface area contributed by atoms with Gasteiger partial charge in [-0.1, -0.05) is 82.1 Å². The van der Waals surface area contributed by atoms with E-state index in [9.17, 15) is 9.18 Å². The number of nitrogens with zero attached hydrogens (tertiary/aromatic N) is 3. The van der Waals surface area contributed by atoms with E-state index in [-0.39, 0.29) is 11.8 Å². The first kappa shape index (κ1) is 34.9. The normalized spacial score (nSPS) is 16.1.